The number of carbonyl (C=O) groups is 1. The number of aryl methyl sites for hydroxylation is 1. The van der Waals surface area contributed by atoms with Crippen LogP contribution in [0.1, 0.15) is 15.9 Å². The molecule has 0 unspecified atom stereocenters. The Morgan fingerprint density at radius 2 is 1.88 bits per heavy atom. The minimum absolute atomic E-state index is 0. The molecule has 0 radical (unpaired) electrons. The largest absolute Gasteiger partial charge is 0.336 e. The zero-order chi connectivity index (χ0) is 10.8. The number of amides is 1. The molecule has 1 N–H and O–H groups in total. The number of hydrogen-bond donors (Lipinski definition) is 1. The lowest BCUT2D eigenvalue weighted by molar-refractivity contribution is 0.0681. The molecular formula is C12H17ClN2O. The van der Waals surface area contributed by atoms with Crippen molar-refractivity contribution in [1.29, 1.82) is 0 Å². The summed E-state index contributed by atoms with van der Waals surface area (Å²) in [6, 6.07) is 8.08. The van der Waals surface area contributed by atoms with Crippen molar-refractivity contribution in [3.8, 4) is 0 Å². The van der Waals surface area contributed by atoms with Crippen molar-refractivity contribution in [2.24, 2.45) is 0 Å². The van der Waals surface area contributed by atoms with E-state index < -0.39 is 0 Å². The van der Waals surface area contributed by atoms with Crippen LogP contribution in [0, 0.1) is 6.92 Å². The van der Waals surface area contributed by atoms with E-state index in [0.29, 0.717) is 6.04 Å². The molecule has 1 aromatic carbocycles. The number of rotatable bonds is 2. The highest BCUT2D eigenvalue weighted by molar-refractivity contribution is 5.94. The number of halogens is 1. The van der Waals surface area contributed by atoms with E-state index in [-0.39, 0.29) is 18.3 Å². The quantitative estimate of drug-likeness (QED) is 0.849. The molecule has 0 bridgehead atoms. The standard InChI is InChI=1S/C12H16N2O.ClH/c1-9-3-5-10(6-4-9)12(15)14(2)11-7-13-8-11;/h3-6,11,13H,7-8H2,1-2H3;1H. The second kappa shape index (κ2) is 5.32. The van der Waals surface area contributed by atoms with Gasteiger partial charge in [0, 0.05) is 25.7 Å². The Hall–Kier alpha value is -1.06. The normalized spacial score (nSPS) is 14.9. The summed E-state index contributed by atoms with van der Waals surface area (Å²) >= 11 is 0. The fraction of sp³-hybridized carbons (Fsp3) is 0.417. The first-order valence-electron chi connectivity index (χ1n) is 5.23. The molecule has 1 aromatic rings. The number of benzene rings is 1. The van der Waals surface area contributed by atoms with Gasteiger partial charge in [-0.15, -0.1) is 12.4 Å². The lowest BCUT2D eigenvalue weighted by Crippen LogP contribution is -2.57. The van der Waals surface area contributed by atoms with Crippen LogP contribution in [-0.4, -0.2) is 37.0 Å². The van der Waals surface area contributed by atoms with E-state index in [9.17, 15) is 4.79 Å². The molecule has 0 aromatic heterocycles. The highest BCUT2D eigenvalue weighted by Crippen LogP contribution is 2.10. The van der Waals surface area contributed by atoms with E-state index in [1.807, 2.05) is 43.1 Å². The van der Waals surface area contributed by atoms with Crippen molar-refractivity contribution < 1.29 is 4.79 Å². The smallest absolute Gasteiger partial charge is 0.253 e. The van der Waals surface area contributed by atoms with Gasteiger partial charge in [-0.3, -0.25) is 4.79 Å². The van der Waals surface area contributed by atoms with Crippen molar-refractivity contribution >= 4 is 18.3 Å². The monoisotopic (exact) mass is 240 g/mol. The molecule has 16 heavy (non-hydrogen) atoms. The van der Waals surface area contributed by atoms with Crippen LogP contribution in [0.5, 0.6) is 0 Å². The lowest BCUT2D eigenvalue weighted by atomic mass is 10.1. The van der Waals surface area contributed by atoms with E-state index in [0.717, 1.165) is 18.7 Å². The van der Waals surface area contributed by atoms with Crippen LogP contribution >= 0.6 is 12.4 Å². The van der Waals surface area contributed by atoms with Crippen LogP contribution in [0.15, 0.2) is 24.3 Å². The molecule has 1 aliphatic heterocycles. The minimum atomic E-state index is 0. The molecule has 1 saturated heterocycles. The minimum Gasteiger partial charge on any atom is -0.336 e. The van der Waals surface area contributed by atoms with E-state index >= 15 is 0 Å². The molecule has 88 valence electrons. The van der Waals surface area contributed by atoms with Gasteiger partial charge in [-0.05, 0) is 19.1 Å². The topological polar surface area (TPSA) is 32.3 Å². The van der Waals surface area contributed by atoms with Gasteiger partial charge >= 0.3 is 0 Å². The molecule has 1 aliphatic rings. The third-order valence-corrected chi connectivity index (χ3v) is 2.93. The molecule has 1 amide bonds. The molecule has 3 nitrogen and oxygen atoms in total. The average molecular weight is 241 g/mol. The van der Waals surface area contributed by atoms with Crippen molar-refractivity contribution in [3.05, 3.63) is 35.4 Å². The summed E-state index contributed by atoms with van der Waals surface area (Å²) in [4.78, 5) is 13.8. The zero-order valence-electron chi connectivity index (χ0n) is 9.56. The predicted molar refractivity (Wildman–Crippen MR) is 67.2 cm³/mol. The summed E-state index contributed by atoms with van der Waals surface area (Å²) in [6.45, 7) is 3.84. The van der Waals surface area contributed by atoms with Gasteiger partial charge in [-0.2, -0.15) is 0 Å². The molecule has 0 saturated carbocycles. The number of carbonyl (C=O) groups excluding carboxylic acids is 1. The Morgan fingerprint density at radius 1 is 1.31 bits per heavy atom. The highest BCUT2D eigenvalue weighted by atomic mass is 35.5. The van der Waals surface area contributed by atoms with E-state index in [1.54, 1.807) is 0 Å². The van der Waals surface area contributed by atoms with Crippen LogP contribution in [0.25, 0.3) is 0 Å². The predicted octanol–water partition coefficient (Wildman–Crippen LogP) is 1.46. The second-order valence-electron chi connectivity index (χ2n) is 4.09. The van der Waals surface area contributed by atoms with Gasteiger partial charge in [0.05, 0.1) is 6.04 Å². The lowest BCUT2D eigenvalue weighted by Gasteiger charge is -2.35. The molecule has 1 heterocycles. The zero-order valence-corrected chi connectivity index (χ0v) is 10.4. The third-order valence-electron chi connectivity index (χ3n) is 2.93. The van der Waals surface area contributed by atoms with Gasteiger partial charge in [0.25, 0.3) is 5.91 Å². The fourth-order valence-corrected chi connectivity index (χ4v) is 1.61. The van der Waals surface area contributed by atoms with Crippen LogP contribution in [0.3, 0.4) is 0 Å². The number of nitrogens with one attached hydrogen (secondary N) is 1. The molecule has 4 heteroatoms. The number of hydrogen-bond acceptors (Lipinski definition) is 2. The van der Waals surface area contributed by atoms with Gasteiger partial charge in [-0.25, -0.2) is 0 Å². The summed E-state index contributed by atoms with van der Waals surface area (Å²) < 4.78 is 0. The summed E-state index contributed by atoms with van der Waals surface area (Å²) in [5.74, 6) is 0.113. The Balaban J connectivity index is 0.00000128. The van der Waals surface area contributed by atoms with Crippen molar-refractivity contribution in [2.75, 3.05) is 20.1 Å². The van der Waals surface area contributed by atoms with Crippen molar-refractivity contribution in [1.82, 2.24) is 10.2 Å². The Labute approximate surface area is 102 Å². The summed E-state index contributed by atoms with van der Waals surface area (Å²) in [5, 5.41) is 3.16. The van der Waals surface area contributed by atoms with Gasteiger partial charge < -0.3 is 10.2 Å². The van der Waals surface area contributed by atoms with Crippen LogP contribution < -0.4 is 5.32 Å². The molecule has 0 aliphatic carbocycles. The summed E-state index contributed by atoms with van der Waals surface area (Å²) in [5.41, 5.74) is 1.95. The molecule has 0 spiro atoms. The SMILES string of the molecule is Cc1ccc(C(=O)N(C)C2CNC2)cc1.Cl. The van der Waals surface area contributed by atoms with Crippen molar-refractivity contribution in [3.63, 3.8) is 0 Å². The summed E-state index contributed by atoms with van der Waals surface area (Å²) in [6.07, 6.45) is 0. The number of nitrogens with zero attached hydrogens (tertiary/aromatic N) is 1. The second-order valence-corrected chi connectivity index (χ2v) is 4.09. The molecule has 2 rings (SSSR count). The van der Waals surface area contributed by atoms with Gasteiger partial charge in [0.1, 0.15) is 0 Å². The molecule has 1 fully saturated rings. The Bertz CT molecular complexity index is 360. The van der Waals surface area contributed by atoms with Crippen molar-refractivity contribution in [2.45, 2.75) is 13.0 Å². The Morgan fingerprint density at radius 3 is 2.31 bits per heavy atom. The Kier molecular flexibility index (Phi) is 4.33. The maximum Gasteiger partial charge on any atom is 0.253 e. The van der Waals surface area contributed by atoms with Crippen LogP contribution in [0.2, 0.25) is 0 Å². The van der Waals surface area contributed by atoms with Crippen LogP contribution in [-0.2, 0) is 0 Å². The highest BCUT2D eigenvalue weighted by Gasteiger charge is 2.25. The van der Waals surface area contributed by atoms with Gasteiger partial charge in [0.15, 0.2) is 0 Å². The third kappa shape index (κ3) is 2.54. The van der Waals surface area contributed by atoms with Crippen LogP contribution in [0.4, 0.5) is 0 Å². The maximum absolute atomic E-state index is 12.0. The average Bonchev–Trinajstić information content (AvgIpc) is 2.15. The fourth-order valence-electron chi connectivity index (χ4n) is 1.61. The van der Waals surface area contributed by atoms with E-state index in [1.165, 1.54) is 5.56 Å². The van der Waals surface area contributed by atoms with Gasteiger partial charge in [-0.1, -0.05) is 17.7 Å². The van der Waals surface area contributed by atoms with E-state index in [2.05, 4.69) is 5.32 Å². The molecule has 0 atom stereocenters. The first-order valence-corrected chi connectivity index (χ1v) is 5.23. The van der Waals surface area contributed by atoms with E-state index in [4.69, 9.17) is 0 Å². The van der Waals surface area contributed by atoms with Gasteiger partial charge in [0.2, 0.25) is 0 Å². The maximum atomic E-state index is 12.0. The first-order chi connectivity index (χ1) is 7.18. The molecular weight excluding hydrogens is 224 g/mol. The summed E-state index contributed by atoms with van der Waals surface area (Å²) in [7, 11) is 1.87. The number of likely N-dealkylation sites (N-methyl/N-ethyl adjacent to an activating group) is 1. The first kappa shape index (κ1) is 13.0.